The lowest BCUT2D eigenvalue weighted by Gasteiger charge is -2.26. The lowest BCUT2D eigenvalue weighted by molar-refractivity contribution is 0.0564. The molecule has 2 aromatic heterocycles. The first-order valence-electron chi connectivity index (χ1n) is 8.07. The van der Waals surface area contributed by atoms with E-state index in [-0.39, 0.29) is 6.04 Å². The van der Waals surface area contributed by atoms with Crippen LogP contribution in [0.3, 0.4) is 0 Å². The molecular formula is C18H20N4O2. The molecule has 1 atom stereocenters. The predicted octanol–water partition coefficient (Wildman–Crippen LogP) is 2.30. The Hall–Kier alpha value is -2.44. The number of ether oxygens (including phenoxy) is 2. The Labute approximate surface area is 140 Å². The molecule has 0 saturated heterocycles. The third-order valence-electron chi connectivity index (χ3n) is 4.33. The number of benzene rings is 1. The summed E-state index contributed by atoms with van der Waals surface area (Å²) in [5.74, 6) is 1.82. The van der Waals surface area contributed by atoms with E-state index in [9.17, 15) is 0 Å². The third kappa shape index (κ3) is 2.86. The van der Waals surface area contributed by atoms with Crippen molar-refractivity contribution in [1.29, 1.82) is 0 Å². The molecule has 3 heterocycles. The number of hydrogen-bond donors (Lipinski definition) is 1. The summed E-state index contributed by atoms with van der Waals surface area (Å²) >= 11 is 0. The van der Waals surface area contributed by atoms with Gasteiger partial charge in [-0.2, -0.15) is 0 Å². The van der Waals surface area contributed by atoms with E-state index in [1.165, 1.54) is 5.56 Å². The maximum absolute atomic E-state index is 5.73. The van der Waals surface area contributed by atoms with Gasteiger partial charge in [0.1, 0.15) is 18.2 Å². The van der Waals surface area contributed by atoms with Crippen molar-refractivity contribution in [2.45, 2.75) is 19.2 Å². The molecule has 124 valence electrons. The largest absolute Gasteiger partial charge is 0.497 e. The van der Waals surface area contributed by atoms with Gasteiger partial charge in [-0.3, -0.25) is 4.98 Å². The van der Waals surface area contributed by atoms with Gasteiger partial charge in [0.05, 0.1) is 30.8 Å². The number of nitrogens with zero attached hydrogens (tertiary/aromatic N) is 3. The number of pyridine rings is 1. The predicted molar refractivity (Wildman–Crippen MR) is 90.9 cm³/mol. The summed E-state index contributed by atoms with van der Waals surface area (Å²) in [6.07, 6.45) is 3.63. The highest BCUT2D eigenvalue weighted by Gasteiger charge is 2.24. The van der Waals surface area contributed by atoms with E-state index in [0.717, 1.165) is 35.7 Å². The van der Waals surface area contributed by atoms with Gasteiger partial charge in [-0.05, 0) is 29.8 Å². The summed E-state index contributed by atoms with van der Waals surface area (Å²) in [6.45, 7) is 2.86. The van der Waals surface area contributed by atoms with Crippen molar-refractivity contribution in [3.63, 3.8) is 0 Å². The molecular weight excluding hydrogens is 304 g/mol. The Morgan fingerprint density at radius 2 is 2.17 bits per heavy atom. The number of aromatic nitrogens is 3. The quantitative estimate of drug-likeness (QED) is 0.780. The molecule has 1 aromatic carbocycles. The molecule has 24 heavy (non-hydrogen) atoms. The van der Waals surface area contributed by atoms with Crippen molar-refractivity contribution in [3.05, 3.63) is 54.1 Å². The molecule has 0 amide bonds. The molecule has 0 bridgehead atoms. The number of methoxy groups -OCH3 is 1. The number of hydrogen-bond acceptors (Lipinski definition) is 5. The van der Waals surface area contributed by atoms with E-state index in [1.807, 2.05) is 42.7 Å². The highest BCUT2D eigenvalue weighted by Crippen LogP contribution is 2.28. The molecule has 6 nitrogen and oxygen atoms in total. The maximum atomic E-state index is 5.73. The van der Waals surface area contributed by atoms with Gasteiger partial charge in [0.15, 0.2) is 0 Å². The van der Waals surface area contributed by atoms with E-state index in [4.69, 9.17) is 14.5 Å². The fraction of sp³-hybridized carbons (Fsp3) is 0.333. The van der Waals surface area contributed by atoms with E-state index in [2.05, 4.69) is 14.9 Å². The monoisotopic (exact) mass is 324 g/mol. The van der Waals surface area contributed by atoms with Crippen molar-refractivity contribution < 1.29 is 9.47 Å². The van der Waals surface area contributed by atoms with Gasteiger partial charge in [-0.1, -0.05) is 0 Å². The Morgan fingerprint density at radius 1 is 1.29 bits per heavy atom. The van der Waals surface area contributed by atoms with Gasteiger partial charge in [-0.15, -0.1) is 0 Å². The first-order valence-corrected chi connectivity index (χ1v) is 8.07. The smallest absolute Gasteiger partial charge is 0.136 e. The number of imidazole rings is 1. The maximum Gasteiger partial charge on any atom is 0.136 e. The van der Waals surface area contributed by atoms with E-state index < -0.39 is 0 Å². The Bertz CT molecular complexity index is 832. The molecule has 0 radical (unpaired) electrons. The van der Waals surface area contributed by atoms with Crippen molar-refractivity contribution in [1.82, 2.24) is 19.9 Å². The zero-order valence-corrected chi connectivity index (χ0v) is 13.6. The van der Waals surface area contributed by atoms with Crippen LogP contribution >= 0.6 is 0 Å². The highest BCUT2D eigenvalue weighted by atomic mass is 16.5. The summed E-state index contributed by atoms with van der Waals surface area (Å²) in [4.78, 5) is 8.74. The lowest BCUT2D eigenvalue weighted by Crippen LogP contribution is -2.32. The second kappa shape index (κ2) is 6.59. The highest BCUT2D eigenvalue weighted by molar-refractivity contribution is 5.78. The summed E-state index contributed by atoms with van der Waals surface area (Å²) < 4.78 is 13.4. The van der Waals surface area contributed by atoms with Crippen LogP contribution in [0.4, 0.5) is 0 Å². The fourth-order valence-corrected chi connectivity index (χ4v) is 3.15. The minimum atomic E-state index is 0.215. The van der Waals surface area contributed by atoms with Crippen LogP contribution < -0.4 is 10.1 Å². The minimum Gasteiger partial charge on any atom is -0.497 e. The molecule has 1 aliphatic heterocycles. The van der Waals surface area contributed by atoms with Crippen molar-refractivity contribution in [2.24, 2.45) is 0 Å². The van der Waals surface area contributed by atoms with E-state index >= 15 is 0 Å². The molecule has 0 aliphatic carbocycles. The summed E-state index contributed by atoms with van der Waals surface area (Å²) in [7, 11) is 1.69. The molecule has 1 N–H and O–H groups in total. The van der Waals surface area contributed by atoms with Crippen LogP contribution in [0.15, 0.2) is 42.7 Å². The van der Waals surface area contributed by atoms with Crippen LogP contribution in [-0.2, 0) is 17.9 Å². The van der Waals surface area contributed by atoms with Crippen LogP contribution in [-0.4, -0.2) is 34.8 Å². The summed E-state index contributed by atoms with van der Waals surface area (Å²) in [5, 5.41) is 3.51. The Balaban J connectivity index is 1.56. The third-order valence-corrected chi connectivity index (χ3v) is 4.33. The molecule has 6 heteroatoms. The van der Waals surface area contributed by atoms with Gasteiger partial charge in [0.25, 0.3) is 0 Å². The van der Waals surface area contributed by atoms with Crippen molar-refractivity contribution in [2.75, 3.05) is 20.3 Å². The van der Waals surface area contributed by atoms with Crippen molar-refractivity contribution >= 4 is 11.0 Å². The topological polar surface area (TPSA) is 61.2 Å². The van der Waals surface area contributed by atoms with Gasteiger partial charge in [-0.25, -0.2) is 4.98 Å². The normalized spacial score (nSPS) is 17.0. The fourth-order valence-electron chi connectivity index (χ4n) is 3.15. The standard InChI is InChI=1S/C18H20N4O2/c1-23-15-2-3-16-17(8-15)22-14(11-24-12-18(22)21-16)10-20-9-13-4-6-19-7-5-13/h2-8,14,20H,9-12H2,1H3/t14-/m0/s1. The number of nitrogens with one attached hydrogen (secondary N) is 1. The lowest BCUT2D eigenvalue weighted by atomic mass is 10.2. The van der Waals surface area contributed by atoms with Crippen LogP contribution in [0.25, 0.3) is 11.0 Å². The second-order valence-corrected chi connectivity index (χ2v) is 5.91. The van der Waals surface area contributed by atoms with Gasteiger partial charge < -0.3 is 19.4 Å². The van der Waals surface area contributed by atoms with Crippen LogP contribution in [0.1, 0.15) is 17.4 Å². The van der Waals surface area contributed by atoms with Crippen LogP contribution in [0.5, 0.6) is 5.75 Å². The first-order chi connectivity index (χ1) is 11.8. The molecule has 1 aliphatic rings. The van der Waals surface area contributed by atoms with Gasteiger partial charge in [0.2, 0.25) is 0 Å². The van der Waals surface area contributed by atoms with E-state index in [1.54, 1.807) is 7.11 Å². The van der Waals surface area contributed by atoms with Gasteiger partial charge in [0, 0.05) is 31.5 Å². The minimum absolute atomic E-state index is 0.215. The van der Waals surface area contributed by atoms with Gasteiger partial charge >= 0.3 is 0 Å². The van der Waals surface area contributed by atoms with Crippen LogP contribution in [0, 0.1) is 0 Å². The average molecular weight is 324 g/mol. The average Bonchev–Trinajstić information content (AvgIpc) is 3.01. The second-order valence-electron chi connectivity index (χ2n) is 5.91. The zero-order valence-electron chi connectivity index (χ0n) is 13.6. The molecule has 0 unspecified atom stereocenters. The number of rotatable bonds is 5. The molecule has 4 rings (SSSR count). The SMILES string of the molecule is COc1ccc2nc3n(c2c1)[C@@H](CNCc1ccncc1)COC3. The zero-order chi connectivity index (χ0) is 16.4. The summed E-state index contributed by atoms with van der Waals surface area (Å²) in [6, 6.07) is 10.3. The molecule has 0 fully saturated rings. The van der Waals surface area contributed by atoms with E-state index in [0.29, 0.717) is 13.2 Å². The summed E-state index contributed by atoms with van der Waals surface area (Å²) in [5.41, 5.74) is 3.30. The number of fused-ring (bicyclic) bond motifs is 3. The first kappa shape index (κ1) is 15.1. The molecule has 0 spiro atoms. The molecule has 0 saturated carbocycles. The van der Waals surface area contributed by atoms with Crippen LogP contribution in [0.2, 0.25) is 0 Å². The Morgan fingerprint density at radius 3 is 3.00 bits per heavy atom. The Kier molecular flexibility index (Phi) is 4.15. The van der Waals surface area contributed by atoms with Crippen molar-refractivity contribution in [3.8, 4) is 5.75 Å². The molecule has 3 aromatic rings.